The number of halogens is 3. The van der Waals surface area contributed by atoms with E-state index in [2.05, 4.69) is 37.8 Å². The summed E-state index contributed by atoms with van der Waals surface area (Å²) in [6.45, 7) is 4.92. The van der Waals surface area contributed by atoms with Gasteiger partial charge in [-0.15, -0.1) is 11.3 Å². The Morgan fingerprint density at radius 3 is 2.70 bits per heavy atom. The number of guanidine groups is 1. The van der Waals surface area contributed by atoms with Crippen LogP contribution in [0.15, 0.2) is 34.6 Å². The number of nitrogens with zero attached hydrogens (tertiary/aromatic N) is 3. The van der Waals surface area contributed by atoms with Crippen LogP contribution < -0.4 is 10.6 Å². The van der Waals surface area contributed by atoms with E-state index in [-0.39, 0.29) is 6.04 Å². The zero-order valence-corrected chi connectivity index (χ0v) is 18.1. The molecular formula is C21H28F3N5S. The molecule has 1 aromatic carbocycles. The largest absolute Gasteiger partial charge is 0.416 e. The van der Waals surface area contributed by atoms with Gasteiger partial charge in [-0.05, 0) is 30.9 Å². The number of thiazole rings is 1. The minimum absolute atomic E-state index is 0.288. The summed E-state index contributed by atoms with van der Waals surface area (Å²) in [5.74, 6) is 0.748. The second-order valence-corrected chi connectivity index (χ2v) is 8.35. The molecule has 0 aliphatic carbocycles. The predicted molar refractivity (Wildman–Crippen MR) is 115 cm³/mol. The lowest BCUT2D eigenvalue weighted by molar-refractivity contribution is -0.137. The van der Waals surface area contributed by atoms with Gasteiger partial charge in [0.05, 0.1) is 22.8 Å². The number of likely N-dealkylation sites (tertiary alicyclic amines) is 1. The highest BCUT2D eigenvalue weighted by atomic mass is 32.1. The lowest BCUT2D eigenvalue weighted by Gasteiger charge is -2.33. The first-order chi connectivity index (χ1) is 14.4. The number of aromatic nitrogens is 1. The molecule has 1 aromatic heterocycles. The first-order valence-corrected chi connectivity index (χ1v) is 11.0. The SMILES string of the molecule is CCc1nc(CNC(=NC)NC2CCN(Cc3cccc(C(F)(F)F)c3)CC2)cs1. The molecule has 1 saturated heterocycles. The van der Waals surface area contributed by atoms with Crippen LogP contribution in [-0.2, 0) is 25.7 Å². The van der Waals surface area contributed by atoms with Crippen LogP contribution in [0.25, 0.3) is 0 Å². The third-order valence-corrected chi connectivity index (χ3v) is 6.19. The van der Waals surface area contributed by atoms with E-state index in [0.29, 0.717) is 18.7 Å². The predicted octanol–water partition coefficient (Wildman–Crippen LogP) is 4.05. The lowest BCUT2D eigenvalue weighted by atomic mass is 10.0. The Kier molecular flexibility index (Phi) is 7.71. The highest BCUT2D eigenvalue weighted by Gasteiger charge is 2.30. The smallest absolute Gasteiger partial charge is 0.354 e. The fraction of sp³-hybridized carbons (Fsp3) is 0.524. The number of nitrogens with one attached hydrogen (secondary N) is 2. The Labute approximate surface area is 179 Å². The van der Waals surface area contributed by atoms with Crippen molar-refractivity contribution in [2.75, 3.05) is 20.1 Å². The van der Waals surface area contributed by atoms with Gasteiger partial charge in [-0.3, -0.25) is 9.89 Å². The van der Waals surface area contributed by atoms with Crippen LogP contribution in [0.3, 0.4) is 0 Å². The van der Waals surface area contributed by atoms with Crippen LogP contribution in [0.4, 0.5) is 13.2 Å². The summed E-state index contributed by atoms with van der Waals surface area (Å²) >= 11 is 1.67. The monoisotopic (exact) mass is 439 g/mol. The summed E-state index contributed by atoms with van der Waals surface area (Å²) in [4.78, 5) is 11.0. The fourth-order valence-corrected chi connectivity index (χ4v) is 4.24. The van der Waals surface area contributed by atoms with E-state index in [1.165, 1.54) is 12.1 Å². The van der Waals surface area contributed by atoms with Crippen molar-refractivity contribution in [2.24, 2.45) is 4.99 Å². The molecule has 2 aromatic rings. The fourth-order valence-electron chi connectivity index (χ4n) is 3.49. The van der Waals surface area contributed by atoms with Crippen molar-refractivity contribution in [3.63, 3.8) is 0 Å². The molecule has 5 nitrogen and oxygen atoms in total. The Morgan fingerprint density at radius 1 is 1.30 bits per heavy atom. The molecule has 164 valence electrons. The average molecular weight is 440 g/mol. The maximum absolute atomic E-state index is 12.9. The zero-order chi connectivity index (χ0) is 21.6. The number of piperidine rings is 1. The van der Waals surface area contributed by atoms with Gasteiger partial charge in [0.1, 0.15) is 0 Å². The molecular weight excluding hydrogens is 411 g/mol. The third kappa shape index (κ3) is 6.43. The van der Waals surface area contributed by atoms with Gasteiger partial charge in [0.15, 0.2) is 5.96 Å². The zero-order valence-electron chi connectivity index (χ0n) is 17.3. The van der Waals surface area contributed by atoms with Crippen LogP contribution in [0.1, 0.15) is 41.6 Å². The number of benzene rings is 1. The molecule has 2 heterocycles. The summed E-state index contributed by atoms with van der Waals surface area (Å²) in [7, 11) is 1.75. The van der Waals surface area contributed by atoms with E-state index in [1.54, 1.807) is 24.5 Å². The Hall–Kier alpha value is -2.13. The summed E-state index contributed by atoms with van der Waals surface area (Å²) in [6.07, 6.45) is -1.53. The highest BCUT2D eigenvalue weighted by Crippen LogP contribution is 2.30. The first kappa shape index (κ1) is 22.6. The third-order valence-electron chi connectivity index (χ3n) is 5.15. The summed E-state index contributed by atoms with van der Waals surface area (Å²) in [5.41, 5.74) is 1.12. The summed E-state index contributed by atoms with van der Waals surface area (Å²) in [6, 6.07) is 5.89. The van der Waals surface area contributed by atoms with Gasteiger partial charge >= 0.3 is 6.18 Å². The Morgan fingerprint density at radius 2 is 2.07 bits per heavy atom. The Bertz CT molecular complexity index is 841. The second-order valence-electron chi connectivity index (χ2n) is 7.40. The van der Waals surface area contributed by atoms with Gasteiger partial charge in [0, 0.05) is 38.1 Å². The number of rotatable bonds is 6. The van der Waals surface area contributed by atoms with Crippen molar-refractivity contribution in [1.29, 1.82) is 0 Å². The first-order valence-electron chi connectivity index (χ1n) is 10.2. The van der Waals surface area contributed by atoms with E-state index in [0.717, 1.165) is 55.1 Å². The maximum atomic E-state index is 12.9. The van der Waals surface area contributed by atoms with Gasteiger partial charge in [-0.25, -0.2) is 4.98 Å². The van der Waals surface area contributed by atoms with Crippen molar-refractivity contribution in [3.8, 4) is 0 Å². The molecule has 2 N–H and O–H groups in total. The molecule has 0 unspecified atom stereocenters. The minimum atomic E-state index is -4.30. The molecule has 1 fully saturated rings. The number of alkyl halides is 3. The molecule has 1 aliphatic heterocycles. The Balaban J connectivity index is 1.44. The van der Waals surface area contributed by atoms with Gasteiger partial charge in [0.25, 0.3) is 0 Å². The van der Waals surface area contributed by atoms with Crippen molar-refractivity contribution in [2.45, 2.75) is 51.5 Å². The minimum Gasteiger partial charge on any atom is -0.354 e. The lowest BCUT2D eigenvalue weighted by Crippen LogP contribution is -2.48. The van der Waals surface area contributed by atoms with E-state index >= 15 is 0 Å². The van der Waals surface area contributed by atoms with Crippen LogP contribution in [0.5, 0.6) is 0 Å². The molecule has 0 saturated carbocycles. The van der Waals surface area contributed by atoms with Crippen molar-refractivity contribution in [3.05, 3.63) is 51.5 Å². The van der Waals surface area contributed by atoms with Crippen molar-refractivity contribution < 1.29 is 13.2 Å². The van der Waals surface area contributed by atoms with E-state index in [4.69, 9.17) is 0 Å². The second kappa shape index (κ2) is 10.3. The van der Waals surface area contributed by atoms with Gasteiger partial charge < -0.3 is 10.6 Å². The number of aliphatic imine (C=N–C) groups is 1. The van der Waals surface area contributed by atoms with Crippen LogP contribution >= 0.6 is 11.3 Å². The molecule has 3 rings (SSSR count). The van der Waals surface area contributed by atoms with Gasteiger partial charge in [-0.1, -0.05) is 25.1 Å². The molecule has 30 heavy (non-hydrogen) atoms. The van der Waals surface area contributed by atoms with E-state index in [1.807, 2.05) is 0 Å². The number of hydrogen-bond donors (Lipinski definition) is 2. The van der Waals surface area contributed by atoms with Crippen molar-refractivity contribution in [1.82, 2.24) is 20.5 Å². The topological polar surface area (TPSA) is 52.6 Å². The van der Waals surface area contributed by atoms with E-state index in [9.17, 15) is 13.2 Å². The average Bonchev–Trinajstić information content (AvgIpc) is 3.20. The number of aryl methyl sites for hydroxylation is 1. The van der Waals surface area contributed by atoms with Crippen LogP contribution in [-0.4, -0.2) is 42.0 Å². The van der Waals surface area contributed by atoms with Crippen LogP contribution in [0.2, 0.25) is 0 Å². The van der Waals surface area contributed by atoms with Crippen LogP contribution in [0, 0.1) is 0 Å². The molecule has 9 heteroatoms. The molecule has 1 aliphatic rings. The van der Waals surface area contributed by atoms with Crippen molar-refractivity contribution >= 4 is 17.3 Å². The summed E-state index contributed by atoms with van der Waals surface area (Å²) in [5, 5.41) is 9.94. The quantitative estimate of drug-likeness (QED) is 0.527. The highest BCUT2D eigenvalue weighted by molar-refractivity contribution is 7.09. The van der Waals surface area contributed by atoms with Gasteiger partial charge in [0.2, 0.25) is 0 Å². The molecule has 0 amide bonds. The van der Waals surface area contributed by atoms with E-state index < -0.39 is 11.7 Å². The maximum Gasteiger partial charge on any atom is 0.416 e. The molecule has 0 spiro atoms. The standard InChI is InChI=1S/C21H28F3N5S/c1-3-19-27-18(14-30-19)12-26-20(25-2)28-17-7-9-29(10-8-17)13-15-5-4-6-16(11-15)21(22,23)24/h4-6,11,14,17H,3,7-10,12-13H2,1-2H3,(H2,25,26,28). The summed E-state index contributed by atoms with van der Waals surface area (Å²) < 4.78 is 38.7. The normalized spacial score (nSPS) is 16.6. The number of hydrogen-bond acceptors (Lipinski definition) is 4. The van der Waals surface area contributed by atoms with Gasteiger partial charge in [-0.2, -0.15) is 13.2 Å². The molecule has 0 bridgehead atoms. The molecule has 0 atom stereocenters. The molecule has 0 radical (unpaired) electrons.